The van der Waals surface area contributed by atoms with Crippen LogP contribution in [0.3, 0.4) is 0 Å². The average molecular weight is 555 g/mol. The molecule has 6 rings (SSSR count). The molecule has 42 heavy (non-hydrogen) atoms. The highest BCUT2D eigenvalue weighted by molar-refractivity contribution is 6.02. The van der Waals surface area contributed by atoms with E-state index in [1.807, 2.05) is 95.9 Å². The van der Waals surface area contributed by atoms with E-state index in [1.165, 1.54) is 6.08 Å². The third-order valence-corrected chi connectivity index (χ3v) is 7.18. The van der Waals surface area contributed by atoms with Gasteiger partial charge in [-0.2, -0.15) is 0 Å². The summed E-state index contributed by atoms with van der Waals surface area (Å²) in [4.78, 5) is 35.1. The monoisotopic (exact) mass is 554 g/mol. The van der Waals surface area contributed by atoms with Gasteiger partial charge in [-0.15, -0.1) is 0 Å². The number of piperazine rings is 1. The number of aromatic nitrogens is 1. The number of carbonyl (C=O) groups excluding carboxylic acids is 2. The molecule has 1 saturated heterocycles. The third-order valence-electron chi connectivity index (χ3n) is 7.18. The van der Waals surface area contributed by atoms with Crippen LogP contribution in [-0.2, 0) is 4.79 Å². The van der Waals surface area contributed by atoms with Gasteiger partial charge in [-0.3, -0.25) is 9.59 Å². The van der Waals surface area contributed by atoms with Gasteiger partial charge in [0.2, 0.25) is 11.8 Å². The normalized spacial score (nSPS) is 13.3. The van der Waals surface area contributed by atoms with Gasteiger partial charge in [-0.1, -0.05) is 66.7 Å². The van der Waals surface area contributed by atoms with Crippen molar-refractivity contribution < 1.29 is 14.0 Å². The molecule has 1 fully saturated rings. The Hall–Kier alpha value is -5.43. The van der Waals surface area contributed by atoms with E-state index in [4.69, 9.17) is 4.42 Å². The van der Waals surface area contributed by atoms with E-state index >= 15 is 0 Å². The summed E-state index contributed by atoms with van der Waals surface area (Å²) in [6.45, 7) is 2.65. The number of rotatable bonds is 7. The van der Waals surface area contributed by atoms with Crippen LogP contribution in [0.15, 0.2) is 126 Å². The smallest absolute Gasteiger partial charge is 0.276 e. The van der Waals surface area contributed by atoms with Crippen LogP contribution in [0.4, 0.5) is 11.4 Å². The highest BCUT2D eigenvalue weighted by atomic mass is 16.4. The highest BCUT2D eigenvalue weighted by Gasteiger charge is 2.29. The van der Waals surface area contributed by atoms with Gasteiger partial charge in [-0.05, 0) is 60.2 Å². The lowest BCUT2D eigenvalue weighted by Gasteiger charge is -2.35. The highest BCUT2D eigenvalue weighted by Crippen LogP contribution is 2.32. The topological polar surface area (TPSA) is 78.7 Å². The Balaban J connectivity index is 1.21. The molecule has 0 bridgehead atoms. The number of oxazole rings is 1. The largest absolute Gasteiger partial charge is 0.435 e. The van der Waals surface area contributed by atoms with Crippen molar-refractivity contribution in [3.63, 3.8) is 0 Å². The zero-order valence-electron chi connectivity index (χ0n) is 23.0. The summed E-state index contributed by atoms with van der Waals surface area (Å²) in [5.41, 5.74) is 4.51. The predicted molar refractivity (Wildman–Crippen MR) is 166 cm³/mol. The number of benzene rings is 4. The standard InChI is InChI=1S/C35H30N4O3/c40-31(21-16-26-10-4-1-5-11-26)36-29-19-17-27(18-20-29)33-32(37-34(42-33)28-12-6-2-7-13-28)35(41)39-24-22-38(23-25-39)30-14-8-3-9-15-30/h1-21H,22-25H2,(H,36,40). The molecule has 7 heteroatoms. The van der Waals surface area contributed by atoms with Crippen LogP contribution < -0.4 is 10.2 Å². The summed E-state index contributed by atoms with van der Waals surface area (Å²) in [5.74, 6) is 0.404. The molecule has 5 aromatic rings. The van der Waals surface area contributed by atoms with Gasteiger partial charge in [0.25, 0.3) is 5.91 Å². The minimum atomic E-state index is -0.233. The Morgan fingerprint density at radius 3 is 2.00 bits per heavy atom. The van der Waals surface area contributed by atoms with E-state index in [2.05, 4.69) is 27.3 Å². The quantitative estimate of drug-likeness (QED) is 0.229. The molecule has 0 aliphatic carbocycles. The van der Waals surface area contributed by atoms with Gasteiger partial charge >= 0.3 is 0 Å². The van der Waals surface area contributed by atoms with Crippen molar-refractivity contribution in [3.05, 3.63) is 133 Å². The molecule has 2 amide bonds. The van der Waals surface area contributed by atoms with Crippen LogP contribution in [0.1, 0.15) is 16.1 Å². The number of hydrogen-bond acceptors (Lipinski definition) is 5. The van der Waals surface area contributed by atoms with Crippen molar-refractivity contribution in [3.8, 4) is 22.8 Å². The van der Waals surface area contributed by atoms with E-state index in [9.17, 15) is 9.59 Å². The van der Waals surface area contributed by atoms with Crippen LogP contribution in [0, 0.1) is 0 Å². The Labute approximate surface area is 244 Å². The Morgan fingerprint density at radius 2 is 1.33 bits per heavy atom. The van der Waals surface area contributed by atoms with Gasteiger partial charge in [0.05, 0.1) is 0 Å². The van der Waals surface area contributed by atoms with Crippen molar-refractivity contribution in [2.75, 3.05) is 36.4 Å². The summed E-state index contributed by atoms with van der Waals surface area (Å²) in [7, 11) is 0. The van der Waals surface area contributed by atoms with E-state index in [0.717, 1.165) is 29.9 Å². The molecule has 4 aromatic carbocycles. The van der Waals surface area contributed by atoms with Crippen molar-refractivity contribution in [1.82, 2.24) is 9.88 Å². The van der Waals surface area contributed by atoms with Crippen LogP contribution in [0.2, 0.25) is 0 Å². The molecule has 2 heterocycles. The molecule has 1 aliphatic heterocycles. The van der Waals surface area contributed by atoms with Crippen molar-refractivity contribution in [2.24, 2.45) is 0 Å². The molecule has 0 saturated carbocycles. The molecular weight excluding hydrogens is 524 g/mol. The van der Waals surface area contributed by atoms with E-state index in [1.54, 1.807) is 18.2 Å². The molecule has 0 radical (unpaired) electrons. The van der Waals surface area contributed by atoms with E-state index in [0.29, 0.717) is 36.0 Å². The number of anilines is 2. The van der Waals surface area contributed by atoms with Gasteiger partial charge in [0.1, 0.15) is 0 Å². The number of nitrogens with zero attached hydrogens (tertiary/aromatic N) is 3. The second kappa shape index (κ2) is 12.4. The Morgan fingerprint density at radius 1 is 0.714 bits per heavy atom. The van der Waals surface area contributed by atoms with Gasteiger partial charge in [0.15, 0.2) is 11.5 Å². The maximum absolute atomic E-state index is 13.8. The summed E-state index contributed by atoms with van der Waals surface area (Å²) < 4.78 is 6.23. The van der Waals surface area contributed by atoms with Crippen LogP contribution >= 0.6 is 0 Å². The molecule has 0 spiro atoms. The number of hydrogen-bond donors (Lipinski definition) is 1. The van der Waals surface area contributed by atoms with Gasteiger partial charge < -0.3 is 19.5 Å². The van der Waals surface area contributed by atoms with Crippen LogP contribution in [0.25, 0.3) is 28.9 Å². The lowest BCUT2D eigenvalue weighted by atomic mass is 10.1. The fourth-order valence-electron chi connectivity index (χ4n) is 4.95. The molecule has 1 aromatic heterocycles. The van der Waals surface area contributed by atoms with Gasteiger partial charge in [-0.25, -0.2) is 4.98 Å². The molecule has 1 aliphatic rings. The van der Waals surface area contributed by atoms with E-state index < -0.39 is 0 Å². The number of amides is 2. The molecule has 0 atom stereocenters. The number of carbonyl (C=O) groups is 2. The lowest BCUT2D eigenvalue weighted by Crippen LogP contribution is -2.49. The van der Waals surface area contributed by atoms with Crippen molar-refractivity contribution in [1.29, 1.82) is 0 Å². The second-order valence-corrected chi connectivity index (χ2v) is 9.99. The maximum Gasteiger partial charge on any atom is 0.276 e. The average Bonchev–Trinajstić information content (AvgIpc) is 3.51. The minimum absolute atomic E-state index is 0.160. The number of para-hydroxylation sites is 1. The molecule has 1 N–H and O–H groups in total. The zero-order chi connectivity index (χ0) is 28.7. The first kappa shape index (κ1) is 26.8. The van der Waals surface area contributed by atoms with Crippen LogP contribution in [0.5, 0.6) is 0 Å². The first-order chi connectivity index (χ1) is 20.6. The fraction of sp³-hybridized carbons (Fsp3) is 0.114. The zero-order valence-corrected chi connectivity index (χ0v) is 23.0. The Bertz CT molecular complexity index is 1670. The summed E-state index contributed by atoms with van der Waals surface area (Å²) in [6.07, 6.45) is 3.26. The van der Waals surface area contributed by atoms with E-state index in [-0.39, 0.29) is 17.5 Å². The summed E-state index contributed by atoms with van der Waals surface area (Å²) in [5, 5.41) is 2.88. The second-order valence-electron chi connectivity index (χ2n) is 9.99. The van der Waals surface area contributed by atoms with Crippen LogP contribution in [-0.4, -0.2) is 47.9 Å². The SMILES string of the molecule is O=C(C=Cc1ccccc1)Nc1ccc(-c2oc(-c3ccccc3)nc2C(=O)N2CCN(c3ccccc3)CC2)cc1. The Kier molecular flexibility index (Phi) is 7.90. The molecule has 7 nitrogen and oxygen atoms in total. The first-order valence-corrected chi connectivity index (χ1v) is 13.9. The fourth-order valence-corrected chi connectivity index (χ4v) is 4.95. The molecular formula is C35H30N4O3. The van der Waals surface area contributed by atoms with Crippen molar-refractivity contribution >= 4 is 29.3 Å². The van der Waals surface area contributed by atoms with Gasteiger partial charge in [0, 0.05) is 54.8 Å². The summed E-state index contributed by atoms with van der Waals surface area (Å²) in [6, 6.07) is 36.7. The minimum Gasteiger partial charge on any atom is -0.435 e. The molecule has 0 unspecified atom stereocenters. The number of nitrogens with one attached hydrogen (secondary N) is 1. The summed E-state index contributed by atoms with van der Waals surface area (Å²) >= 11 is 0. The molecule has 208 valence electrons. The first-order valence-electron chi connectivity index (χ1n) is 13.9. The lowest BCUT2D eigenvalue weighted by molar-refractivity contribution is -0.111. The predicted octanol–water partition coefficient (Wildman–Crippen LogP) is 6.62. The third kappa shape index (κ3) is 6.15. The maximum atomic E-state index is 13.8. The van der Waals surface area contributed by atoms with Crippen molar-refractivity contribution in [2.45, 2.75) is 0 Å².